The van der Waals surface area contributed by atoms with Crippen molar-refractivity contribution in [2.45, 2.75) is 6.54 Å². The predicted molar refractivity (Wildman–Crippen MR) is 105 cm³/mol. The number of anilines is 1. The zero-order valence-electron chi connectivity index (χ0n) is 15.4. The number of para-hydroxylation sites is 1. The smallest absolute Gasteiger partial charge is 0.359 e. The van der Waals surface area contributed by atoms with Gasteiger partial charge in [0.2, 0.25) is 0 Å². The molecule has 0 radical (unpaired) electrons. The maximum atomic E-state index is 12.5. The summed E-state index contributed by atoms with van der Waals surface area (Å²) in [5.41, 5.74) is 1.58. The van der Waals surface area contributed by atoms with Crippen LogP contribution in [0.15, 0.2) is 73.2 Å². The molecule has 0 aliphatic heterocycles. The molecule has 0 aliphatic rings. The van der Waals surface area contributed by atoms with Crippen LogP contribution in [0.1, 0.15) is 26.4 Å². The van der Waals surface area contributed by atoms with Gasteiger partial charge in [0, 0.05) is 18.9 Å². The number of nitrogens with one attached hydrogen (secondary N) is 2. The molecular formula is C21H18N4O4. The molecule has 0 unspecified atom stereocenters. The standard InChI is InChI=1S/C21H18N4O4/c26-19(14-29-21(28)18-13-22-10-11-23-18)25-17-9-5-4-8-16(17)20(27)24-12-15-6-2-1-3-7-15/h1-11,13H,12,14H2,(H,24,27)(H,25,26). The lowest BCUT2D eigenvalue weighted by atomic mass is 10.1. The van der Waals surface area contributed by atoms with E-state index in [2.05, 4.69) is 20.6 Å². The van der Waals surface area contributed by atoms with E-state index in [4.69, 9.17) is 4.74 Å². The molecule has 0 bridgehead atoms. The largest absolute Gasteiger partial charge is 0.451 e. The lowest BCUT2D eigenvalue weighted by molar-refractivity contribution is -0.119. The second kappa shape index (κ2) is 9.75. The van der Waals surface area contributed by atoms with Gasteiger partial charge in [-0.15, -0.1) is 0 Å². The van der Waals surface area contributed by atoms with E-state index in [9.17, 15) is 14.4 Å². The van der Waals surface area contributed by atoms with Crippen LogP contribution in [0.2, 0.25) is 0 Å². The van der Waals surface area contributed by atoms with Crippen LogP contribution in [0.25, 0.3) is 0 Å². The molecule has 3 rings (SSSR count). The number of ether oxygens (including phenoxy) is 1. The van der Waals surface area contributed by atoms with Crippen molar-refractivity contribution in [2.75, 3.05) is 11.9 Å². The number of benzene rings is 2. The van der Waals surface area contributed by atoms with Gasteiger partial charge in [0.25, 0.3) is 11.8 Å². The molecule has 0 spiro atoms. The average Bonchev–Trinajstić information content (AvgIpc) is 2.77. The van der Waals surface area contributed by atoms with Crippen molar-refractivity contribution in [3.05, 3.63) is 90.0 Å². The molecular weight excluding hydrogens is 372 g/mol. The topological polar surface area (TPSA) is 110 Å². The highest BCUT2D eigenvalue weighted by molar-refractivity contribution is 6.04. The Morgan fingerprint density at radius 2 is 1.69 bits per heavy atom. The minimum absolute atomic E-state index is 0.000917. The molecule has 146 valence electrons. The van der Waals surface area contributed by atoms with Gasteiger partial charge in [-0.25, -0.2) is 9.78 Å². The first-order chi connectivity index (χ1) is 14.1. The summed E-state index contributed by atoms with van der Waals surface area (Å²) in [6.45, 7) is -0.160. The number of carbonyl (C=O) groups is 3. The van der Waals surface area contributed by atoms with Gasteiger partial charge >= 0.3 is 5.97 Å². The fourth-order valence-electron chi connectivity index (χ4n) is 2.46. The average molecular weight is 390 g/mol. The highest BCUT2D eigenvalue weighted by Crippen LogP contribution is 2.15. The molecule has 2 amide bonds. The molecule has 1 heterocycles. The highest BCUT2D eigenvalue weighted by atomic mass is 16.5. The molecule has 0 aliphatic carbocycles. The third-order valence-electron chi connectivity index (χ3n) is 3.85. The first-order valence-corrected chi connectivity index (χ1v) is 8.77. The fourth-order valence-corrected chi connectivity index (χ4v) is 2.46. The number of esters is 1. The van der Waals surface area contributed by atoms with E-state index >= 15 is 0 Å². The number of hydrogen-bond acceptors (Lipinski definition) is 6. The first-order valence-electron chi connectivity index (χ1n) is 8.77. The van der Waals surface area contributed by atoms with E-state index in [1.807, 2.05) is 30.3 Å². The number of rotatable bonds is 7. The van der Waals surface area contributed by atoms with Crippen LogP contribution < -0.4 is 10.6 Å². The van der Waals surface area contributed by atoms with Crippen molar-refractivity contribution in [3.8, 4) is 0 Å². The molecule has 8 heteroatoms. The number of hydrogen-bond donors (Lipinski definition) is 2. The molecule has 2 aromatic carbocycles. The molecule has 0 saturated heterocycles. The summed E-state index contributed by atoms with van der Waals surface area (Å²) >= 11 is 0. The molecule has 3 aromatic rings. The number of aromatic nitrogens is 2. The summed E-state index contributed by atoms with van der Waals surface area (Å²) in [5, 5.41) is 5.39. The van der Waals surface area contributed by atoms with E-state index < -0.39 is 18.5 Å². The van der Waals surface area contributed by atoms with E-state index in [1.165, 1.54) is 18.6 Å². The third kappa shape index (κ3) is 5.70. The summed E-state index contributed by atoms with van der Waals surface area (Å²) in [5.74, 6) is -1.67. The van der Waals surface area contributed by atoms with Crippen LogP contribution in [-0.4, -0.2) is 34.4 Å². The van der Waals surface area contributed by atoms with Gasteiger partial charge in [-0.1, -0.05) is 42.5 Å². The van der Waals surface area contributed by atoms with Gasteiger partial charge in [-0.3, -0.25) is 14.6 Å². The van der Waals surface area contributed by atoms with Crippen LogP contribution >= 0.6 is 0 Å². The van der Waals surface area contributed by atoms with Crippen LogP contribution in [0.4, 0.5) is 5.69 Å². The minimum Gasteiger partial charge on any atom is -0.451 e. The second-order valence-corrected chi connectivity index (χ2v) is 5.93. The second-order valence-electron chi connectivity index (χ2n) is 5.93. The summed E-state index contributed by atoms with van der Waals surface area (Å²) in [6.07, 6.45) is 4.01. The van der Waals surface area contributed by atoms with Crippen LogP contribution in [0.5, 0.6) is 0 Å². The molecule has 0 fully saturated rings. The molecule has 8 nitrogen and oxygen atoms in total. The van der Waals surface area contributed by atoms with Crippen molar-refractivity contribution in [1.29, 1.82) is 0 Å². The van der Waals surface area contributed by atoms with E-state index in [0.717, 1.165) is 5.56 Å². The van der Waals surface area contributed by atoms with Crippen molar-refractivity contribution in [2.24, 2.45) is 0 Å². The fraction of sp³-hybridized carbons (Fsp3) is 0.0952. The molecule has 2 N–H and O–H groups in total. The van der Waals surface area contributed by atoms with Gasteiger partial charge in [-0.05, 0) is 17.7 Å². The van der Waals surface area contributed by atoms with Gasteiger partial charge in [0.1, 0.15) is 0 Å². The highest BCUT2D eigenvalue weighted by Gasteiger charge is 2.15. The van der Waals surface area contributed by atoms with Gasteiger partial charge in [-0.2, -0.15) is 0 Å². The lowest BCUT2D eigenvalue weighted by Gasteiger charge is -2.11. The summed E-state index contributed by atoms with van der Waals surface area (Å²) in [6, 6.07) is 16.1. The number of nitrogens with zero attached hydrogens (tertiary/aromatic N) is 2. The van der Waals surface area contributed by atoms with Crippen molar-refractivity contribution in [1.82, 2.24) is 15.3 Å². The Morgan fingerprint density at radius 3 is 2.45 bits per heavy atom. The Balaban J connectivity index is 1.57. The Bertz CT molecular complexity index is 994. The van der Waals surface area contributed by atoms with Crippen LogP contribution in [-0.2, 0) is 16.1 Å². The van der Waals surface area contributed by atoms with Gasteiger partial charge < -0.3 is 15.4 Å². The van der Waals surface area contributed by atoms with Crippen LogP contribution in [0.3, 0.4) is 0 Å². The normalized spacial score (nSPS) is 10.1. The molecule has 0 saturated carbocycles. The van der Waals surface area contributed by atoms with Crippen molar-refractivity contribution >= 4 is 23.5 Å². The van der Waals surface area contributed by atoms with Gasteiger partial charge in [0.05, 0.1) is 17.4 Å². The molecule has 29 heavy (non-hydrogen) atoms. The Kier molecular flexibility index (Phi) is 6.62. The van der Waals surface area contributed by atoms with Crippen molar-refractivity contribution < 1.29 is 19.1 Å². The maximum absolute atomic E-state index is 12.5. The third-order valence-corrected chi connectivity index (χ3v) is 3.85. The first kappa shape index (κ1) is 19.7. The Morgan fingerprint density at radius 1 is 0.931 bits per heavy atom. The van der Waals surface area contributed by atoms with Gasteiger partial charge in [0.15, 0.2) is 12.3 Å². The predicted octanol–water partition coefficient (Wildman–Crippen LogP) is 2.20. The van der Waals surface area contributed by atoms with Crippen LogP contribution in [0, 0.1) is 0 Å². The Hall–Kier alpha value is -4.07. The number of carbonyl (C=O) groups excluding carboxylic acids is 3. The number of amides is 2. The quantitative estimate of drug-likeness (QED) is 0.599. The van der Waals surface area contributed by atoms with E-state index in [1.54, 1.807) is 24.3 Å². The Labute approximate surface area is 167 Å². The SMILES string of the molecule is O=C(COC(=O)c1cnccn1)Nc1ccccc1C(=O)NCc1ccccc1. The van der Waals surface area contributed by atoms with E-state index in [0.29, 0.717) is 17.8 Å². The zero-order chi connectivity index (χ0) is 20.5. The van der Waals surface area contributed by atoms with E-state index in [-0.39, 0.29) is 11.6 Å². The zero-order valence-corrected chi connectivity index (χ0v) is 15.4. The monoisotopic (exact) mass is 390 g/mol. The lowest BCUT2D eigenvalue weighted by Crippen LogP contribution is -2.26. The summed E-state index contributed by atoms with van der Waals surface area (Å²) in [7, 11) is 0. The minimum atomic E-state index is -0.762. The molecule has 0 atom stereocenters. The van der Waals surface area contributed by atoms with Crippen molar-refractivity contribution in [3.63, 3.8) is 0 Å². The molecule has 1 aromatic heterocycles. The summed E-state index contributed by atoms with van der Waals surface area (Å²) < 4.78 is 4.91. The maximum Gasteiger partial charge on any atom is 0.359 e. The summed E-state index contributed by atoms with van der Waals surface area (Å²) in [4.78, 5) is 44.0.